The number of aliphatic hydroxyl groups is 1. The standard InChI is InChI=1S/C15H14ClNO3S/c1-8-7-21-14(12(8)16)13(18)9-2-3-11-10(6-9)15(19)17-4-5-20-11/h2-3,6-7,13,18H,4-5H2,1H3,(H,17,19). The maximum absolute atomic E-state index is 12.0. The molecule has 1 aromatic heterocycles. The number of amides is 1. The largest absolute Gasteiger partial charge is 0.491 e. The maximum Gasteiger partial charge on any atom is 0.255 e. The summed E-state index contributed by atoms with van der Waals surface area (Å²) < 4.78 is 5.50. The number of nitrogens with one attached hydrogen (secondary N) is 1. The summed E-state index contributed by atoms with van der Waals surface area (Å²) in [5.74, 6) is 0.347. The molecule has 110 valence electrons. The minimum absolute atomic E-state index is 0.190. The fourth-order valence-electron chi connectivity index (χ4n) is 2.23. The topological polar surface area (TPSA) is 58.6 Å². The van der Waals surface area contributed by atoms with Crippen molar-refractivity contribution in [3.63, 3.8) is 0 Å². The predicted molar refractivity (Wildman–Crippen MR) is 82.4 cm³/mol. The Hall–Kier alpha value is -1.56. The summed E-state index contributed by atoms with van der Waals surface area (Å²) >= 11 is 7.61. The molecule has 2 heterocycles. The van der Waals surface area contributed by atoms with E-state index < -0.39 is 6.10 Å². The summed E-state index contributed by atoms with van der Waals surface area (Å²) in [4.78, 5) is 12.7. The van der Waals surface area contributed by atoms with Crippen LogP contribution < -0.4 is 10.1 Å². The molecule has 1 aromatic carbocycles. The molecule has 0 saturated carbocycles. The van der Waals surface area contributed by atoms with Gasteiger partial charge in [-0.15, -0.1) is 11.3 Å². The first-order chi connectivity index (χ1) is 10.1. The molecule has 2 N–H and O–H groups in total. The van der Waals surface area contributed by atoms with E-state index in [1.807, 2.05) is 12.3 Å². The van der Waals surface area contributed by atoms with E-state index >= 15 is 0 Å². The molecule has 0 spiro atoms. The fraction of sp³-hybridized carbons (Fsp3) is 0.267. The number of aliphatic hydroxyl groups excluding tert-OH is 1. The van der Waals surface area contributed by atoms with Gasteiger partial charge in [0.05, 0.1) is 22.0 Å². The number of benzene rings is 1. The lowest BCUT2D eigenvalue weighted by molar-refractivity contribution is 0.0957. The molecule has 0 aliphatic carbocycles. The van der Waals surface area contributed by atoms with Gasteiger partial charge in [-0.25, -0.2) is 0 Å². The van der Waals surface area contributed by atoms with E-state index in [1.54, 1.807) is 18.2 Å². The van der Waals surface area contributed by atoms with Crippen molar-refractivity contribution in [1.82, 2.24) is 5.32 Å². The van der Waals surface area contributed by atoms with Gasteiger partial charge in [-0.1, -0.05) is 17.7 Å². The van der Waals surface area contributed by atoms with Crippen molar-refractivity contribution < 1.29 is 14.6 Å². The van der Waals surface area contributed by atoms with Crippen LogP contribution in [0.2, 0.25) is 5.02 Å². The van der Waals surface area contributed by atoms with Crippen molar-refractivity contribution in [2.24, 2.45) is 0 Å². The van der Waals surface area contributed by atoms with Crippen molar-refractivity contribution in [2.45, 2.75) is 13.0 Å². The summed E-state index contributed by atoms with van der Waals surface area (Å²) in [5.41, 5.74) is 2.00. The van der Waals surface area contributed by atoms with Crippen LogP contribution in [-0.2, 0) is 0 Å². The number of fused-ring (bicyclic) bond motifs is 1. The second-order valence-electron chi connectivity index (χ2n) is 4.86. The van der Waals surface area contributed by atoms with Crippen LogP contribution in [-0.4, -0.2) is 24.2 Å². The number of rotatable bonds is 2. The monoisotopic (exact) mass is 323 g/mol. The van der Waals surface area contributed by atoms with Crippen LogP contribution in [0.3, 0.4) is 0 Å². The average molecular weight is 324 g/mol. The third-order valence-electron chi connectivity index (χ3n) is 3.38. The van der Waals surface area contributed by atoms with Gasteiger partial charge in [0.25, 0.3) is 5.91 Å². The third-order valence-corrected chi connectivity index (χ3v) is 5.15. The van der Waals surface area contributed by atoms with Crippen LogP contribution in [0, 0.1) is 6.92 Å². The highest BCUT2D eigenvalue weighted by Crippen LogP contribution is 2.36. The number of hydrogen-bond acceptors (Lipinski definition) is 4. The third kappa shape index (κ3) is 2.64. The Kier molecular flexibility index (Phi) is 3.89. The van der Waals surface area contributed by atoms with Crippen LogP contribution in [0.1, 0.15) is 32.5 Å². The molecule has 1 aliphatic heterocycles. The number of hydrogen-bond donors (Lipinski definition) is 2. The highest BCUT2D eigenvalue weighted by atomic mass is 35.5. The van der Waals surface area contributed by atoms with Crippen LogP contribution >= 0.6 is 22.9 Å². The van der Waals surface area contributed by atoms with Crippen LogP contribution in [0.4, 0.5) is 0 Å². The quantitative estimate of drug-likeness (QED) is 0.893. The van der Waals surface area contributed by atoms with Gasteiger partial charge < -0.3 is 15.2 Å². The average Bonchev–Trinajstić information content (AvgIpc) is 2.71. The number of aryl methyl sites for hydroxylation is 1. The number of carbonyl (C=O) groups excluding carboxylic acids is 1. The van der Waals surface area contributed by atoms with Gasteiger partial charge in [-0.3, -0.25) is 4.79 Å². The van der Waals surface area contributed by atoms with E-state index in [4.69, 9.17) is 16.3 Å². The second-order valence-corrected chi connectivity index (χ2v) is 6.15. The lowest BCUT2D eigenvalue weighted by Gasteiger charge is -2.13. The van der Waals surface area contributed by atoms with Crippen LogP contribution in [0.25, 0.3) is 0 Å². The van der Waals surface area contributed by atoms with Gasteiger partial charge in [-0.05, 0) is 35.6 Å². The lowest BCUT2D eigenvalue weighted by atomic mass is 10.0. The van der Waals surface area contributed by atoms with Crippen molar-refractivity contribution >= 4 is 28.8 Å². The molecular formula is C15H14ClNO3S. The second kappa shape index (κ2) is 5.67. The van der Waals surface area contributed by atoms with Crippen molar-refractivity contribution in [3.05, 3.63) is 50.2 Å². The molecular weight excluding hydrogens is 310 g/mol. The molecule has 0 bridgehead atoms. The summed E-state index contributed by atoms with van der Waals surface area (Å²) in [5, 5.41) is 15.7. The van der Waals surface area contributed by atoms with Gasteiger partial charge in [0.15, 0.2) is 0 Å². The zero-order valence-electron chi connectivity index (χ0n) is 11.4. The SMILES string of the molecule is Cc1csc(C(O)c2ccc3c(c2)C(=O)NCCO3)c1Cl. The smallest absolute Gasteiger partial charge is 0.255 e. The maximum atomic E-state index is 12.0. The molecule has 3 rings (SSSR count). The Morgan fingerprint density at radius 2 is 2.29 bits per heavy atom. The van der Waals surface area contributed by atoms with Gasteiger partial charge in [0, 0.05) is 0 Å². The highest BCUT2D eigenvalue weighted by Gasteiger charge is 2.22. The van der Waals surface area contributed by atoms with E-state index in [0.717, 1.165) is 5.56 Å². The zero-order valence-corrected chi connectivity index (χ0v) is 12.9. The normalized spacial score (nSPS) is 15.7. The number of ether oxygens (including phenoxy) is 1. The van der Waals surface area contributed by atoms with E-state index in [2.05, 4.69) is 5.32 Å². The van der Waals surface area contributed by atoms with Crippen LogP contribution in [0.15, 0.2) is 23.6 Å². The molecule has 0 radical (unpaired) electrons. The fourth-order valence-corrected chi connectivity index (χ4v) is 3.53. The molecule has 4 nitrogen and oxygen atoms in total. The summed E-state index contributed by atoms with van der Waals surface area (Å²) in [6.45, 7) is 2.81. The first-order valence-corrected chi connectivity index (χ1v) is 7.80. The first-order valence-electron chi connectivity index (χ1n) is 6.54. The van der Waals surface area contributed by atoms with E-state index in [1.165, 1.54) is 11.3 Å². The van der Waals surface area contributed by atoms with E-state index in [0.29, 0.717) is 39.9 Å². The molecule has 21 heavy (non-hydrogen) atoms. The summed E-state index contributed by atoms with van der Waals surface area (Å²) in [6.07, 6.45) is -0.849. The molecule has 1 unspecified atom stereocenters. The predicted octanol–water partition coefficient (Wildman–Crippen LogP) is 2.91. The molecule has 2 aromatic rings. The molecule has 0 fully saturated rings. The number of halogens is 1. The van der Waals surface area contributed by atoms with Crippen molar-refractivity contribution in [2.75, 3.05) is 13.2 Å². The number of thiophene rings is 1. The van der Waals surface area contributed by atoms with Gasteiger partial charge in [0.1, 0.15) is 18.5 Å². The Balaban J connectivity index is 2.00. The number of carbonyl (C=O) groups is 1. The van der Waals surface area contributed by atoms with Crippen molar-refractivity contribution in [1.29, 1.82) is 0 Å². The Bertz CT molecular complexity index is 698. The molecule has 1 atom stereocenters. The van der Waals surface area contributed by atoms with Gasteiger partial charge in [-0.2, -0.15) is 0 Å². The molecule has 1 amide bonds. The zero-order chi connectivity index (χ0) is 15.0. The molecule has 6 heteroatoms. The van der Waals surface area contributed by atoms with Gasteiger partial charge in [0.2, 0.25) is 0 Å². The Morgan fingerprint density at radius 3 is 3.00 bits per heavy atom. The van der Waals surface area contributed by atoms with Crippen molar-refractivity contribution in [3.8, 4) is 5.75 Å². The minimum Gasteiger partial charge on any atom is -0.491 e. The first kappa shape index (κ1) is 14.4. The lowest BCUT2D eigenvalue weighted by Crippen LogP contribution is -2.24. The Labute approximate surface area is 131 Å². The van der Waals surface area contributed by atoms with Crippen LogP contribution in [0.5, 0.6) is 5.75 Å². The van der Waals surface area contributed by atoms with E-state index in [9.17, 15) is 9.90 Å². The Morgan fingerprint density at radius 1 is 1.48 bits per heavy atom. The van der Waals surface area contributed by atoms with Gasteiger partial charge >= 0.3 is 0 Å². The molecule has 1 aliphatic rings. The molecule has 0 saturated heterocycles. The van der Waals surface area contributed by atoms with E-state index in [-0.39, 0.29) is 5.91 Å². The summed E-state index contributed by atoms with van der Waals surface area (Å²) in [6, 6.07) is 5.13. The summed E-state index contributed by atoms with van der Waals surface area (Å²) in [7, 11) is 0. The highest BCUT2D eigenvalue weighted by molar-refractivity contribution is 7.10. The minimum atomic E-state index is -0.849.